The number of anilines is 1. The molecule has 0 radical (unpaired) electrons. The lowest BCUT2D eigenvalue weighted by atomic mass is 10.2. The Morgan fingerprint density at radius 3 is 2.67 bits per heavy atom. The van der Waals surface area contributed by atoms with Gasteiger partial charge in [0.25, 0.3) is 0 Å². The van der Waals surface area contributed by atoms with E-state index >= 15 is 0 Å². The largest absolute Gasteiger partial charge is 0.457 e. The molecule has 5 rings (SSSR count). The first kappa shape index (κ1) is 24.4. The van der Waals surface area contributed by atoms with E-state index in [0.717, 1.165) is 36.5 Å². The van der Waals surface area contributed by atoms with Crippen LogP contribution in [0.1, 0.15) is 5.76 Å². The first-order chi connectivity index (χ1) is 17.4. The van der Waals surface area contributed by atoms with Gasteiger partial charge in [-0.3, -0.25) is 10.1 Å². The number of hydrogen-bond donors (Lipinski definition) is 2. The molecule has 2 aromatic heterocycles. The Morgan fingerprint density at radius 2 is 1.86 bits per heavy atom. The van der Waals surface area contributed by atoms with Gasteiger partial charge < -0.3 is 9.73 Å². The summed E-state index contributed by atoms with van der Waals surface area (Å²) in [6, 6.07) is 24.7. The van der Waals surface area contributed by atoms with E-state index in [4.69, 9.17) is 33.2 Å². The van der Waals surface area contributed by atoms with E-state index in [0.29, 0.717) is 16.5 Å². The van der Waals surface area contributed by atoms with E-state index in [1.807, 2.05) is 60.7 Å². The number of carbonyl (C=O) groups is 1. The molecule has 0 saturated heterocycles. The number of aromatic nitrogens is 1. The number of thiazole rings is 1. The topological polar surface area (TPSA) is 67.2 Å². The average Bonchev–Trinajstić information content (AvgIpc) is 3.51. The lowest BCUT2D eigenvalue weighted by molar-refractivity contribution is -0.115. The fourth-order valence-corrected chi connectivity index (χ4v) is 5.16. The van der Waals surface area contributed by atoms with Crippen molar-refractivity contribution in [1.82, 2.24) is 10.3 Å². The highest BCUT2D eigenvalue weighted by molar-refractivity contribution is 9.10. The molecule has 2 heterocycles. The Labute approximate surface area is 229 Å². The molecule has 0 aliphatic carbocycles. The molecule has 0 spiro atoms. The monoisotopic (exact) mass is 593 g/mol. The summed E-state index contributed by atoms with van der Waals surface area (Å²) in [5, 5.41) is 7.47. The zero-order chi connectivity index (χ0) is 25.1. The van der Waals surface area contributed by atoms with Crippen LogP contribution in [0.15, 0.2) is 93.8 Å². The number of nitrogens with zero attached hydrogens (tertiary/aromatic N) is 1. The van der Waals surface area contributed by atoms with E-state index in [9.17, 15) is 4.79 Å². The van der Waals surface area contributed by atoms with Gasteiger partial charge in [-0.15, -0.1) is 11.3 Å². The van der Waals surface area contributed by atoms with Gasteiger partial charge in [-0.1, -0.05) is 39.7 Å². The summed E-state index contributed by atoms with van der Waals surface area (Å²) in [6.45, 7) is 0. The Bertz CT molecular complexity index is 1580. The van der Waals surface area contributed by atoms with Crippen molar-refractivity contribution in [3.63, 3.8) is 0 Å². The molecule has 0 saturated carbocycles. The molecule has 0 bridgehead atoms. The van der Waals surface area contributed by atoms with Crippen LogP contribution in [0.2, 0.25) is 5.02 Å². The fraction of sp³-hybridized carbons (Fsp3) is 0. The highest BCUT2D eigenvalue weighted by Gasteiger charge is 2.13. The number of benzene rings is 3. The maximum absolute atomic E-state index is 12.5. The summed E-state index contributed by atoms with van der Waals surface area (Å²) in [4.78, 5) is 17.2. The maximum Gasteiger partial charge on any atom is 0.250 e. The van der Waals surface area contributed by atoms with E-state index in [1.165, 1.54) is 6.08 Å². The van der Waals surface area contributed by atoms with E-state index in [1.54, 1.807) is 35.6 Å². The van der Waals surface area contributed by atoms with Gasteiger partial charge in [-0.2, -0.15) is 0 Å². The summed E-state index contributed by atoms with van der Waals surface area (Å²) in [5.41, 5.74) is 3.45. The second kappa shape index (κ2) is 10.8. The van der Waals surface area contributed by atoms with E-state index in [-0.39, 0.29) is 11.0 Å². The number of para-hydroxylation sites is 1. The third-order valence-electron chi connectivity index (χ3n) is 5.15. The molecule has 0 unspecified atom stereocenters. The first-order valence-corrected chi connectivity index (χ1v) is 13.2. The standard InChI is InChI=1S/C27H17BrClN3O2S2/c28-17-7-12-21(20(15-17)26-30-22-3-1-2-4-24(22)36-26)31-27(35)32-25(33)14-11-19-10-13-23(34-19)16-5-8-18(29)9-6-16/h1-15H,(H2,31,32,33,35). The van der Waals surface area contributed by atoms with Gasteiger partial charge in [-0.05, 0) is 85.0 Å². The van der Waals surface area contributed by atoms with Crippen molar-refractivity contribution in [3.05, 3.63) is 100 Å². The number of furan rings is 1. The lowest BCUT2D eigenvalue weighted by Crippen LogP contribution is -2.32. The summed E-state index contributed by atoms with van der Waals surface area (Å²) in [7, 11) is 0. The number of halogens is 2. The van der Waals surface area contributed by atoms with Crippen LogP contribution in [0.5, 0.6) is 0 Å². The SMILES string of the molecule is O=C(C=Cc1ccc(-c2ccc(Cl)cc2)o1)NC(=S)Nc1ccc(Br)cc1-c1nc2ccccc2s1. The number of fused-ring (bicyclic) bond motifs is 1. The number of carbonyl (C=O) groups excluding carboxylic acids is 1. The fourth-order valence-electron chi connectivity index (χ4n) is 3.47. The highest BCUT2D eigenvalue weighted by Crippen LogP contribution is 2.36. The average molecular weight is 595 g/mol. The Hall–Kier alpha value is -3.30. The third-order valence-corrected chi connectivity index (χ3v) is 7.16. The minimum Gasteiger partial charge on any atom is -0.457 e. The summed E-state index contributed by atoms with van der Waals surface area (Å²) in [5.74, 6) is 0.845. The molecular weight excluding hydrogens is 578 g/mol. The molecule has 1 amide bonds. The lowest BCUT2D eigenvalue weighted by Gasteiger charge is -2.12. The summed E-state index contributed by atoms with van der Waals surface area (Å²) < 4.78 is 7.80. The molecule has 178 valence electrons. The molecule has 9 heteroatoms. The Balaban J connectivity index is 1.26. The van der Waals surface area contributed by atoms with Crippen molar-refractivity contribution < 1.29 is 9.21 Å². The molecular formula is C27H17BrClN3O2S2. The Morgan fingerprint density at radius 1 is 1.06 bits per heavy atom. The van der Waals surface area contributed by atoms with Gasteiger partial charge in [0, 0.05) is 26.7 Å². The first-order valence-electron chi connectivity index (χ1n) is 10.8. The maximum atomic E-state index is 12.5. The van der Waals surface area contributed by atoms with Gasteiger partial charge in [0.15, 0.2) is 5.11 Å². The van der Waals surface area contributed by atoms with Crippen LogP contribution in [-0.2, 0) is 4.79 Å². The van der Waals surface area contributed by atoms with Gasteiger partial charge >= 0.3 is 0 Å². The van der Waals surface area contributed by atoms with Crippen LogP contribution in [0, 0.1) is 0 Å². The molecule has 5 nitrogen and oxygen atoms in total. The van der Waals surface area contributed by atoms with Crippen molar-refractivity contribution in [1.29, 1.82) is 0 Å². The summed E-state index contributed by atoms with van der Waals surface area (Å²) in [6.07, 6.45) is 2.96. The predicted molar refractivity (Wildman–Crippen MR) is 155 cm³/mol. The number of thiocarbonyl (C=S) groups is 1. The van der Waals surface area contributed by atoms with Gasteiger partial charge in [0.05, 0.1) is 15.9 Å². The van der Waals surface area contributed by atoms with Crippen LogP contribution in [0.3, 0.4) is 0 Å². The van der Waals surface area contributed by atoms with Crippen molar-refractivity contribution >= 4 is 84.1 Å². The van der Waals surface area contributed by atoms with Gasteiger partial charge in [0.2, 0.25) is 5.91 Å². The molecule has 0 aliphatic rings. The smallest absolute Gasteiger partial charge is 0.250 e. The van der Waals surface area contributed by atoms with E-state index in [2.05, 4.69) is 26.6 Å². The van der Waals surface area contributed by atoms with Crippen molar-refractivity contribution in [3.8, 4) is 21.9 Å². The van der Waals surface area contributed by atoms with Crippen molar-refractivity contribution in [2.75, 3.05) is 5.32 Å². The molecule has 0 atom stereocenters. The van der Waals surface area contributed by atoms with Gasteiger partial charge in [-0.25, -0.2) is 4.98 Å². The number of rotatable bonds is 5. The van der Waals surface area contributed by atoms with Crippen LogP contribution in [0.25, 0.3) is 38.2 Å². The second-order valence-electron chi connectivity index (χ2n) is 7.66. The molecule has 2 N–H and O–H groups in total. The van der Waals surface area contributed by atoms with Crippen LogP contribution in [-0.4, -0.2) is 16.0 Å². The summed E-state index contributed by atoms with van der Waals surface area (Å²) >= 11 is 16.4. The molecule has 36 heavy (non-hydrogen) atoms. The molecule has 0 fully saturated rings. The van der Waals surface area contributed by atoms with Crippen LogP contribution in [0.4, 0.5) is 5.69 Å². The normalized spacial score (nSPS) is 11.2. The van der Waals surface area contributed by atoms with Crippen molar-refractivity contribution in [2.45, 2.75) is 0 Å². The minimum atomic E-state index is -0.379. The van der Waals surface area contributed by atoms with Crippen molar-refractivity contribution in [2.24, 2.45) is 0 Å². The molecule has 3 aromatic carbocycles. The molecule has 5 aromatic rings. The van der Waals surface area contributed by atoms with E-state index < -0.39 is 0 Å². The van der Waals surface area contributed by atoms with Crippen LogP contribution < -0.4 is 10.6 Å². The second-order valence-corrected chi connectivity index (χ2v) is 10.5. The number of hydrogen-bond acceptors (Lipinski definition) is 5. The number of nitrogens with one attached hydrogen (secondary N) is 2. The minimum absolute atomic E-state index is 0.177. The molecule has 0 aliphatic heterocycles. The Kier molecular flexibility index (Phi) is 7.29. The zero-order valence-corrected chi connectivity index (χ0v) is 22.5. The third kappa shape index (κ3) is 5.74. The predicted octanol–water partition coefficient (Wildman–Crippen LogP) is 8.17. The van der Waals surface area contributed by atoms with Crippen LogP contribution >= 0.6 is 51.1 Å². The van der Waals surface area contributed by atoms with Gasteiger partial charge in [0.1, 0.15) is 16.5 Å². The number of amides is 1. The highest BCUT2D eigenvalue weighted by atomic mass is 79.9. The zero-order valence-electron chi connectivity index (χ0n) is 18.5. The quantitative estimate of drug-likeness (QED) is 0.159.